The van der Waals surface area contributed by atoms with Crippen LogP contribution in [0.25, 0.3) is 28.4 Å². The van der Waals surface area contributed by atoms with Gasteiger partial charge in [0, 0.05) is 23.8 Å². The molecular formula is C35H34O18. The van der Waals surface area contributed by atoms with Gasteiger partial charge in [-0.05, 0) is 42.0 Å². The summed E-state index contributed by atoms with van der Waals surface area (Å²) in [6, 6.07) is 10.9. The van der Waals surface area contributed by atoms with E-state index in [-0.39, 0.29) is 16.9 Å². The molecule has 2 aliphatic heterocycles. The number of hydrogen-bond donors (Lipinski definition) is 10. The van der Waals surface area contributed by atoms with Gasteiger partial charge < -0.3 is 79.2 Å². The van der Waals surface area contributed by atoms with Gasteiger partial charge in [0.1, 0.15) is 64.8 Å². The Morgan fingerprint density at radius 2 is 1.53 bits per heavy atom. The summed E-state index contributed by atoms with van der Waals surface area (Å²) in [7, 11) is 0. The largest absolute Gasteiger partial charge is 0.508 e. The maximum absolute atomic E-state index is 14.0. The molecular weight excluding hydrogens is 708 g/mol. The molecule has 53 heavy (non-hydrogen) atoms. The molecule has 282 valence electrons. The lowest BCUT2D eigenvalue weighted by atomic mass is 9.98. The van der Waals surface area contributed by atoms with E-state index in [1.54, 1.807) is 0 Å². The number of aromatic hydroxyl groups is 5. The van der Waals surface area contributed by atoms with Gasteiger partial charge in [-0.3, -0.25) is 4.79 Å². The second kappa shape index (κ2) is 15.3. The molecule has 2 saturated heterocycles. The molecule has 0 unspecified atom stereocenters. The first-order chi connectivity index (χ1) is 25.2. The number of phenols is 5. The Morgan fingerprint density at radius 3 is 2.25 bits per heavy atom. The van der Waals surface area contributed by atoms with Crippen molar-refractivity contribution in [1.82, 2.24) is 0 Å². The minimum Gasteiger partial charge on any atom is -0.508 e. The fourth-order valence-electron chi connectivity index (χ4n) is 5.65. The van der Waals surface area contributed by atoms with Crippen LogP contribution in [0.15, 0.2) is 69.9 Å². The summed E-state index contributed by atoms with van der Waals surface area (Å²) in [6.07, 6.45) is -13.4. The summed E-state index contributed by atoms with van der Waals surface area (Å²) >= 11 is 0. The van der Waals surface area contributed by atoms with Gasteiger partial charge in [-0.2, -0.15) is 0 Å². The lowest BCUT2D eigenvalue weighted by Crippen LogP contribution is -2.62. The van der Waals surface area contributed by atoms with Crippen molar-refractivity contribution in [3.63, 3.8) is 0 Å². The lowest BCUT2D eigenvalue weighted by Gasteiger charge is -2.42. The van der Waals surface area contributed by atoms with Gasteiger partial charge in [-0.15, -0.1) is 0 Å². The van der Waals surface area contributed by atoms with E-state index in [1.165, 1.54) is 36.4 Å². The Bertz CT molecular complexity index is 2040. The van der Waals surface area contributed by atoms with Crippen LogP contribution < -0.4 is 10.2 Å². The second-order valence-corrected chi connectivity index (χ2v) is 12.2. The standard InChI is InChI=1S/C35H34O18/c36-16-5-1-14(2-6-16)3-8-24(42)52-33-29(46)27(44)23(13-49-34-30(47)26(43)21(41)12-48-34)51-35(33)53-32-28(45)25-20(40)10-17(37)11-22(25)50-31(32)15-4-7-18(38)19(39)9-15/h1-11,21,23,26-27,29-30,33-41,43-44,46-47H,12-13H2/b8-3+/t21-,23+,26-,27-,29-,30+,33+,34-,35-/m0/s1. The first-order valence-electron chi connectivity index (χ1n) is 15.9. The second-order valence-electron chi connectivity index (χ2n) is 12.2. The molecule has 0 saturated carbocycles. The highest BCUT2D eigenvalue weighted by Gasteiger charge is 2.49. The molecule has 0 amide bonds. The van der Waals surface area contributed by atoms with Crippen LogP contribution in [0.2, 0.25) is 0 Å². The number of rotatable bonds is 9. The summed E-state index contributed by atoms with van der Waals surface area (Å²) < 4.78 is 33.8. The number of hydrogen-bond acceptors (Lipinski definition) is 18. The number of aliphatic hydroxyl groups is 5. The number of carbonyl (C=O) groups is 1. The average molecular weight is 743 g/mol. The van der Waals surface area contributed by atoms with E-state index in [2.05, 4.69) is 0 Å². The van der Waals surface area contributed by atoms with Crippen LogP contribution in [-0.4, -0.2) is 126 Å². The van der Waals surface area contributed by atoms with Crippen LogP contribution in [0.4, 0.5) is 0 Å². The Hall–Kier alpha value is -5.44. The van der Waals surface area contributed by atoms with E-state index in [0.29, 0.717) is 5.56 Å². The number of ether oxygens (including phenoxy) is 5. The maximum Gasteiger partial charge on any atom is 0.331 e. The van der Waals surface area contributed by atoms with E-state index in [0.717, 1.165) is 30.3 Å². The van der Waals surface area contributed by atoms with Crippen molar-refractivity contribution in [1.29, 1.82) is 0 Å². The quantitative estimate of drug-likeness (QED) is 0.0608. The molecule has 9 atom stereocenters. The lowest BCUT2D eigenvalue weighted by molar-refractivity contribution is -0.308. The van der Waals surface area contributed by atoms with E-state index in [9.17, 15) is 60.7 Å². The Balaban J connectivity index is 1.37. The van der Waals surface area contributed by atoms with Crippen LogP contribution in [0, 0.1) is 0 Å². The first-order valence-corrected chi connectivity index (χ1v) is 15.9. The molecule has 10 N–H and O–H groups in total. The zero-order chi connectivity index (χ0) is 38.1. The topological polar surface area (TPSA) is 296 Å². The van der Waals surface area contributed by atoms with E-state index >= 15 is 0 Å². The molecule has 3 aromatic carbocycles. The average Bonchev–Trinajstić information content (AvgIpc) is 3.12. The van der Waals surface area contributed by atoms with Gasteiger partial charge in [0.05, 0.1) is 13.2 Å². The number of phenolic OH excluding ortho intramolecular Hbond substituents is 5. The first kappa shape index (κ1) is 37.3. The summed E-state index contributed by atoms with van der Waals surface area (Å²) in [4.78, 5) is 27.0. The van der Waals surface area contributed by atoms with E-state index in [4.69, 9.17) is 28.1 Å². The molecule has 0 aliphatic carbocycles. The number of aliphatic hydroxyl groups excluding tert-OH is 5. The molecule has 18 heteroatoms. The molecule has 0 bridgehead atoms. The predicted octanol–water partition coefficient (Wildman–Crippen LogP) is -0.106. The van der Waals surface area contributed by atoms with Gasteiger partial charge >= 0.3 is 5.97 Å². The summed E-state index contributed by atoms with van der Waals surface area (Å²) in [5.74, 6) is -4.71. The Labute approximate surface area is 297 Å². The van der Waals surface area contributed by atoms with Crippen molar-refractivity contribution in [2.24, 2.45) is 0 Å². The van der Waals surface area contributed by atoms with Gasteiger partial charge in [0.2, 0.25) is 17.5 Å². The zero-order valence-corrected chi connectivity index (χ0v) is 27.2. The van der Waals surface area contributed by atoms with Crippen LogP contribution in [0.1, 0.15) is 5.56 Å². The van der Waals surface area contributed by atoms with Crippen molar-refractivity contribution < 1.29 is 84.0 Å². The molecule has 3 heterocycles. The summed E-state index contributed by atoms with van der Waals surface area (Å²) in [5, 5.41) is 102. The number of esters is 1. The number of benzene rings is 3. The van der Waals surface area contributed by atoms with Gasteiger partial charge in [0.25, 0.3) is 0 Å². The van der Waals surface area contributed by atoms with E-state index in [1.807, 2.05) is 0 Å². The monoisotopic (exact) mass is 742 g/mol. The van der Waals surface area contributed by atoms with Crippen molar-refractivity contribution in [3.8, 4) is 45.8 Å². The maximum atomic E-state index is 14.0. The third kappa shape index (κ3) is 7.84. The highest BCUT2D eigenvalue weighted by molar-refractivity contribution is 5.89. The smallest absolute Gasteiger partial charge is 0.331 e. The molecule has 0 spiro atoms. The minimum absolute atomic E-state index is 0.0248. The van der Waals surface area contributed by atoms with E-state index < -0.39 is 120 Å². The van der Waals surface area contributed by atoms with Crippen LogP contribution in [-0.2, 0) is 23.7 Å². The highest BCUT2D eigenvalue weighted by Crippen LogP contribution is 2.40. The fourth-order valence-corrected chi connectivity index (χ4v) is 5.65. The molecule has 1 aromatic heterocycles. The van der Waals surface area contributed by atoms with Crippen LogP contribution in [0.5, 0.6) is 34.5 Å². The molecule has 4 aromatic rings. The van der Waals surface area contributed by atoms with Crippen LogP contribution >= 0.6 is 0 Å². The molecule has 18 nitrogen and oxygen atoms in total. The number of fused-ring (bicyclic) bond motifs is 1. The Kier molecular flexibility index (Phi) is 10.8. The third-order valence-electron chi connectivity index (χ3n) is 8.47. The predicted molar refractivity (Wildman–Crippen MR) is 177 cm³/mol. The SMILES string of the molecule is O=C(/C=C/c1ccc(O)cc1)O[C@H]1[C@H](Oc2c(-c3ccc(O)c(O)c3)oc3cc(O)cc(O)c3c2=O)O[C@H](CO[C@@H]2OC[C@H](O)[C@H](O)[C@H]2O)[C@H](O)[C@@H]1O. The highest BCUT2D eigenvalue weighted by atomic mass is 16.7. The fraction of sp³-hybridized carbons (Fsp3) is 0.314. The molecule has 6 rings (SSSR count). The van der Waals surface area contributed by atoms with Crippen molar-refractivity contribution in [3.05, 3.63) is 76.5 Å². The van der Waals surface area contributed by atoms with Crippen LogP contribution in [0.3, 0.4) is 0 Å². The molecule has 0 radical (unpaired) electrons. The normalized spacial score (nSPS) is 27.5. The summed E-state index contributed by atoms with van der Waals surface area (Å²) in [5.41, 5.74) is -1.03. The van der Waals surface area contributed by atoms with Gasteiger partial charge in [-0.1, -0.05) is 12.1 Å². The Morgan fingerprint density at radius 1 is 0.792 bits per heavy atom. The number of carbonyl (C=O) groups excluding carboxylic acids is 1. The zero-order valence-electron chi connectivity index (χ0n) is 27.2. The third-order valence-corrected chi connectivity index (χ3v) is 8.47. The molecule has 2 fully saturated rings. The minimum atomic E-state index is -2.02. The van der Waals surface area contributed by atoms with Gasteiger partial charge in [0.15, 0.2) is 29.7 Å². The summed E-state index contributed by atoms with van der Waals surface area (Å²) in [6.45, 7) is -1.09. The van der Waals surface area contributed by atoms with Crippen molar-refractivity contribution >= 4 is 23.0 Å². The van der Waals surface area contributed by atoms with Crippen molar-refractivity contribution in [2.75, 3.05) is 13.2 Å². The van der Waals surface area contributed by atoms with Crippen molar-refractivity contribution in [2.45, 2.75) is 55.3 Å². The molecule has 2 aliphatic rings. The van der Waals surface area contributed by atoms with Gasteiger partial charge in [-0.25, -0.2) is 4.79 Å².